The van der Waals surface area contributed by atoms with Gasteiger partial charge in [0.2, 0.25) is 5.95 Å². The number of nitrogens with one attached hydrogen (secondary N) is 1. The van der Waals surface area contributed by atoms with Gasteiger partial charge in [0.15, 0.2) is 5.69 Å². The molecule has 1 aromatic carbocycles. The van der Waals surface area contributed by atoms with Crippen LogP contribution in [0.15, 0.2) is 35.4 Å². The van der Waals surface area contributed by atoms with Crippen molar-refractivity contribution in [2.24, 2.45) is 0 Å². The Balaban J connectivity index is 2.42. The molecule has 110 valence electrons. The maximum absolute atomic E-state index is 12.3. The molecule has 6 nitrogen and oxygen atoms in total. The van der Waals surface area contributed by atoms with Crippen molar-refractivity contribution >= 4 is 23.4 Å². The lowest BCUT2D eigenvalue weighted by atomic mass is 10.1. The summed E-state index contributed by atoms with van der Waals surface area (Å²) in [6.07, 6.45) is 1.11. The molecular formula is C12H10F2N4O2S. The van der Waals surface area contributed by atoms with Gasteiger partial charge in [-0.3, -0.25) is 10.1 Å². The Morgan fingerprint density at radius 1 is 1.33 bits per heavy atom. The fourth-order valence-electron chi connectivity index (χ4n) is 1.64. The molecular weight excluding hydrogens is 302 g/mol. The molecule has 0 spiro atoms. The zero-order valence-corrected chi connectivity index (χ0v) is 11.6. The van der Waals surface area contributed by atoms with Crippen molar-refractivity contribution in [3.8, 4) is 11.3 Å². The molecule has 0 atom stereocenters. The lowest BCUT2D eigenvalue weighted by Gasteiger charge is -2.06. The first-order chi connectivity index (χ1) is 10.0. The lowest BCUT2D eigenvalue weighted by molar-refractivity contribution is -0.384. The summed E-state index contributed by atoms with van der Waals surface area (Å²) >= 11 is 0.408. The Hall–Kier alpha value is -2.29. The first-order valence-corrected chi connectivity index (χ1v) is 6.63. The highest BCUT2D eigenvalue weighted by molar-refractivity contribution is 7.99. The molecule has 0 bridgehead atoms. The zero-order valence-electron chi connectivity index (χ0n) is 10.8. The van der Waals surface area contributed by atoms with Gasteiger partial charge in [0, 0.05) is 17.5 Å². The summed E-state index contributed by atoms with van der Waals surface area (Å²) in [5.74, 6) is -2.28. The van der Waals surface area contributed by atoms with Gasteiger partial charge >= 0.3 is 5.69 Å². The molecule has 2 rings (SSSR count). The summed E-state index contributed by atoms with van der Waals surface area (Å²) in [7, 11) is 1.59. The highest BCUT2D eigenvalue weighted by atomic mass is 32.2. The molecule has 0 aliphatic carbocycles. The van der Waals surface area contributed by atoms with Crippen LogP contribution in [0.3, 0.4) is 0 Å². The minimum atomic E-state index is -2.51. The van der Waals surface area contributed by atoms with Crippen molar-refractivity contribution in [1.29, 1.82) is 0 Å². The first-order valence-electron chi connectivity index (χ1n) is 5.75. The quantitative estimate of drug-likeness (QED) is 0.517. The average Bonchev–Trinajstić information content (AvgIpc) is 2.46. The molecule has 0 aliphatic rings. The smallest absolute Gasteiger partial charge is 0.313 e. The molecule has 0 saturated heterocycles. The standard InChI is InChI=1S/C12H10F2N4O2S/c1-15-12-16-6-9(18(19)20)10(17-12)7-2-4-8(5-3-7)21-11(13)14/h2-6,11H,1H3,(H,15,16,17). The van der Waals surface area contributed by atoms with Crippen LogP contribution >= 0.6 is 11.8 Å². The number of aromatic nitrogens is 2. The highest BCUT2D eigenvalue weighted by Crippen LogP contribution is 2.31. The van der Waals surface area contributed by atoms with Gasteiger partial charge in [-0.05, 0) is 12.1 Å². The minimum absolute atomic E-state index is 0.132. The van der Waals surface area contributed by atoms with E-state index in [-0.39, 0.29) is 17.3 Å². The Bertz CT molecular complexity index is 652. The van der Waals surface area contributed by atoms with Gasteiger partial charge in [0.05, 0.1) is 4.92 Å². The number of halogens is 2. The largest absolute Gasteiger partial charge is 0.357 e. The molecule has 0 saturated carbocycles. The number of anilines is 1. The SMILES string of the molecule is CNc1ncc([N+](=O)[O-])c(-c2ccc(SC(F)F)cc2)n1. The van der Waals surface area contributed by atoms with Gasteiger partial charge < -0.3 is 5.32 Å². The fourth-order valence-corrected chi connectivity index (χ4v) is 2.14. The summed E-state index contributed by atoms with van der Waals surface area (Å²) < 4.78 is 24.5. The van der Waals surface area contributed by atoms with Crippen LogP contribution in [0, 0.1) is 10.1 Å². The third-order valence-electron chi connectivity index (χ3n) is 2.54. The Morgan fingerprint density at radius 3 is 2.52 bits per heavy atom. The predicted octanol–water partition coefficient (Wildman–Crippen LogP) is 3.41. The van der Waals surface area contributed by atoms with E-state index in [1.54, 1.807) is 7.05 Å². The van der Waals surface area contributed by atoms with Gasteiger partial charge in [-0.25, -0.2) is 9.97 Å². The molecule has 21 heavy (non-hydrogen) atoms. The fraction of sp³-hybridized carbons (Fsp3) is 0.167. The van der Waals surface area contributed by atoms with E-state index in [4.69, 9.17) is 0 Å². The molecule has 1 aromatic heterocycles. The van der Waals surface area contributed by atoms with Crippen molar-refractivity contribution in [2.45, 2.75) is 10.7 Å². The monoisotopic (exact) mass is 312 g/mol. The van der Waals surface area contributed by atoms with Crippen LogP contribution in [-0.4, -0.2) is 27.7 Å². The van der Waals surface area contributed by atoms with Crippen LogP contribution in [0.25, 0.3) is 11.3 Å². The first kappa shape index (κ1) is 15.1. The van der Waals surface area contributed by atoms with Crippen molar-refractivity contribution in [3.05, 3.63) is 40.6 Å². The second-order valence-corrected chi connectivity index (χ2v) is 4.90. The molecule has 9 heteroatoms. The molecule has 0 unspecified atom stereocenters. The van der Waals surface area contributed by atoms with Gasteiger partial charge in [-0.1, -0.05) is 23.9 Å². The van der Waals surface area contributed by atoms with Crippen molar-refractivity contribution in [1.82, 2.24) is 9.97 Å². The predicted molar refractivity (Wildman–Crippen MR) is 75.5 cm³/mol. The third kappa shape index (κ3) is 3.63. The van der Waals surface area contributed by atoms with Crippen LogP contribution in [-0.2, 0) is 0 Å². The molecule has 1 heterocycles. The molecule has 0 amide bonds. The van der Waals surface area contributed by atoms with E-state index in [1.165, 1.54) is 24.3 Å². The van der Waals surface area contributed by atoms with Crippen molar-refractivity contribution in [2.75, 3.05) is 12.4 Å². The van der Waals surface area contributed by atoms with Gasteiger partial charge in [-0.2, -0.15) is 8.78 Å². The van der Waals surface area contributed by atoms with E-state index in [9.17, 15) is 18.9 Å². The number of alkyl halides is 2. The maximum Gasteiger partial charge on any atom is 0.313 e. The molecule has 1 N–H and O–H groups in total. The van der Waals surface area contributed by atoms with E-state index >= 15 is 0 Å². The number of nitrogens with zero attached hydrogens (tertiary/aromatic N) is 3. The Morgan fingerprint density at radius 2 is 2.00 bits per heavy atom. The van der Waals surface area contributed by atoms with E-state index in [0.29, 0.717) is 22.2 Å². The molecule has 0 aliphatic heterocycles. The van der Waals surface area contributed by atoms with Gasteiger partial charge in [0.25, 0.3) is 5.76 Å². The van der Waals surface area contributed by atoms with Gasteiger partial charge in [0.1, 0.15) is 6.20 Å². The Labute approximate surface area is 122 Å². The van der Waals surface area contributed by atoms with Crippen LogP contribution in [0.1, 0.15) is 0 Å². The van der Waals surface area contributed by atoms with Crippen LogP contribution in [0.4, 0.5) is 20.4 Å². The zero-order chi connectivity index (χ0) is 15.4. The minimum Gasteiger partial charge on any atom is -0.357 e. The molecule has 0 radical (unpaired) electrons. The van der Waals surface area contributed by atoms with Crippen molar-refractivity contribution in [3.63, 3.8) is 0 Å². The Kier molecular flexibility index (Phi) is 4.63. The second kappa shape index (κ2) is 6.44. The van der Waals surface area contributed by atoms with Crippen molar-refractivity contribution < 1.29 is 13.7 Å². The van der Waals surface area contributed by atoms with E-state index < -0.39 is 10.7 Å². The summed E-state index contributed by atoms with van der Waals surface area (Å²) in [4.78, 5) is 18.6. The van der Waals surface area contributed by atoms with E-state index in [0.717, 1.165) is 6.20 Å². The topological polar surface area (TPSA) is 81.0 Å². The normalized spacial score (nSPS) is 10.7. The van der Waals surface area contributed by atoms with Crippen LogP contribution in [0.2, 0.25) is 0 Å². The highest BCUT2D eigenvalue weighted by Gasteiger charge is 2.18. The number of rotatable bonds is 5. The number of hydrogen-bond acceptors (Lipinski definition) is 6. The summed E-state index contributed by atoms with van der Waals surface area (Å²) in [5.41, 5.74) is 0.343. The molecule has 2 aromatic rings. The number of thioether (sulfide) groups is 1. The third-order valence-corrected chi connectivity index (χ3v) is 3.27. The molecule has 0 fully saturated rings. The number of benzene rings is 1. The van der Waals surface area contributed by atoms with Crippen LogP contribution in [0.5, 0.6) is 0 Å². The van der Waals surface area contributed by atoms with E-state index in [1.807, 2.05) is 0 Å². The summed E-state index contributed by atoms with van der Waals surface area (Å²) in [6.45, 7) is 0. The average molecular weight is 312 g/mol. The number of hydrogen-bond donors (Lipinski definition) is 1. The number of nitro groups is 1. The van der Waals surface area contributed by atoms with Gasteiger partial charge in [-0.15, -0.1) is 0 Å². The van der Waals surface area contributed by atoms with Crippen LogP contribution < -0.4 is 5.32 Å². The maximum atomic E-state index is 12.3. The second-order valence-electron chi connectivity index (χ2n) is 3.84. The summed E-state index contributed by atoms with van der Waals surface area (Å²) in [5, 5.41) is 13.7. The summed E-state index contributed by atoms with van der Waals surface area (Å²) in [6, 6.07) is 5.97. The van der Waals surface area contributed by atoms with E-state index in [2.05, 4.69) is 15.3 Å². The lowest BCUT2D eigenvalue weighted by Crippen LogP contribution is -2.01.